The molecule has 0 unspecified atom stereocenters. The van der Waals surface area contributed by atoms with E-state index >= 15 is 0 Å². The van der Waals surface area contributed by atoms with E-state index < -0.39 is 10.0 Å². The molecule has 0 spiro atoms. The molecule has 3 aromatic rings. The van der Waals surface area contributed by atoms with E-state index in [1.165, 1.54) is 28.4 Å². The lowest BCUT2D eigenvalue weighted by Gasteiger charge is -2.20. The fraction of sp³-hybridized carbons (Fsp3) is 0.300. The number of methoxy groups -OCH3 is 1. The van der Waals surface area contributed by atoms with Gasteiger partial charge in [0, 0.05) is 26.2 Å². The van der Waals surface area contributed by atoms with Crippen molar-refractivity contribution in [3.63, 3.8) is 0 Å². The summed E-state index contributed by atoms with van der Waals surface area (Å²) in [4.78, 5) is 24.7. The zero-order valence-corrected chi connectivity index (χ0v) is 17.6. The van der Waals surface area contributed by atoms with Gasteiger partial charge >= 0.3 is 5.69 Å². The summed E-state index contributed by atoms with van der Waals surface area (Å²) in [5, 5.41) is 0. The van der Waals surface area contributed by atoms with E-state index in [2.05, 4.69) is 0 Å². The molecule has 0 atom stereocenters. The lowest BCUT2D eigenvalue weighted by atomic mass is 10.1. The Bertz CT molecular complexity index is 1220. The Morgan fingerprint density at radius 2 is 1.66 bits per heavy atom. The maximum atomic E-state index is 13.1. The number of hydrogen-bond acceptors (Lipinski definition) is 5. The summed E-state index contributed by atoms with van der Waals surface area (Å²) < 4.78 is 35.3. The molecule has 1 aromatic heterocycles. The third-order valence-electron chi connectivity index (χ3n) is 4.97. The highest BCUT2D eigenvalue weighted by Gasteiger charge is 2.26. The van der Waals surface area contributed by atoms with Gasteiger partial charge in [0.25, 0.3) is 0 Å². The number of likely N-dealkylation sites (N-methyl/N-ethyl adjacent to an activating group) is 1. The molecule has 0 saturated carbocycles. The molecule has 0 bridgehead atoms. The lowest BCUT2D eigenvalue weighted by molar-refractivity contribution is 0.0967. The van der Waals surface area contributed by atoms with Gasteiger partial charge in [0.15, 0.2) is 5.78 Å². The van der Waals surface area contributed by atoms with Crippen LogP contribution in [0.1, 0.15) is 17.3 Å². The number of benzene rings is 2. The van der Waals surface area contributed by atoms with Gasteiger partial charge in [-0.1, -0.05) is 6.92 Å². The molecule has 2 aromatic carbocycles. The number of carbonyl (C=O) groups is 1. The molecule has 29 heavy (non-hydrogen) atoms. The van der Waals surface area contributed by atoms with Crippen molar-refractivity contribution in [1.29, 1.82) is 0 Å². The van der Waals surface area contributed by atoms with Crippen LogP contribution in [-0.2, 0) is 24.1 Å². The topological polar surface area (TPSA) is 90.6 Å². The maximum Gasteiger partial charge on any atom is 0.328 e. The number of sulfonamides is 1. The summed E-state index contributed by atoms with van der Waals surface area (Å²) >= 11 is 0. The third-order valence-corrected chi connectivity index (χ3v) is 6.88. The third kappa shape index (κ3) is 3.70. The van der Waals surface area contributed by atoms with Crippen LogP contribution < -0.4 is 10.4 Å². The van der Waals surface area contributed by atoms with Gasteiger partial charge in [-0.05, 0) is 42.5 Å². The molecular formula is C20H23N3O5S. The van der Waals surface area contributed by atoms with Crippen LogP contribution in [0.3, 0.4) is 0 Å². The van der Waals surface area contributed by atoms with Gasteiger partial charge in [-0.15, -0.1) is 0 Å². The predicted molar refractivity (Wildman–Crippen MR) is 110 cm³/mol. The first-order chi connectivity index (χ1) is 13.7. The highest BCUT2D eigenvalue weighted by Crippen LogP contribution is 2.22. The minimum Gasteiger partial charge on any atom is -0.497 e. The maximum absolute atomic E-state index is 13.1. The van der Waals surface area contributed by atoms with Gasteiger partial charge < -0.3 is 4.74 Å². The summed E-state index contributed by atoms with van der Waals surface area (Å²) in [6, 6.07) is 11.0. The summed E-state index contributed by atoms with van der Waals surface area (Å²) in [5.74, 6) is 0.301. The van der Waals surface area contributed by atoms with Crippen molar-refractivity contribution in [3.05, 3.63) is 58.5 Å². The van der Waals surface area contributed by atoms with Gasteiger partial charge in [-0.3, -0.25) is 13.9 Å². The number of carbonyl (C=O) groups excluding carboxylic acids is 1. The highest BCUT2D eigenvalue weighted by atomic mass is 32.2. The van der Waals surface area contributed by atoms with Crippen molar-refractivity contribution in [2.75, 3.05) is 20.2 Å². The van der Waals surface area contributed by atoms with Gasteiger partial charge in [0.05, 0.1) is 29.6 Å². The summed E-state index contributed by atoms with van der Waals surface area (Å²) in [6.07, 6.45) is 0. The van der Waals surface area contributed by atoms with E-state index in [9.17, 15) is 18.0 Å². The Hall–Kier alpha value is -2.91. The lowest BCUT2D eigenvalue weighted by Crippen LogP contribution is -2.35. The Kier molecular flexibility index (Phi) is 5.63. The van der Waals surface area contributed by atoms with Crippen LogP contribution in [0.15, 0.2) is 52.2 Å². The molecule has 0 saturated heterocycles. The van der Waals surface area contributed by atoms with Crippen LogP contribution >= 0.6 is 0 Å². The summed E-state index contributed by atoms with van der Waals surface area (Å²) in [6.45, 7) is 1.53. The molecule has 0 radical (unpaired) electrons. The second kappa shape index (κ2) is 7.84. The summed E-state index contributed by atoms with van der Waals surface area (Å²) in [5.41, 5.74) is 1.31. The van der Waals surface area contributed by atoms with Crippen LogP contribution in [0.25, 0.3) is 11.0 Å². The molecule has 3 rings (SSSR count). The van der Waals surface area contributed by atoms with E-state index in [4.69, 9.17) is 4.74 Å². The van der Waals surface area contributed by atoms with Crippen LogP contribution in [-0.4, -0.2) is 47.8 Å². The number of hydrogen-bond donors (Lipinski definition) is 0. The fourth-order valence-electron chi connectivity index (χ4n) is 3.19. The first-order valence-electron chi connectivity index (χ1n) is 9.03. The van der Waals surface area contributed by atoms with Crippen molar-refractivity contribution in [2.45, 2.75) is 11.8 Å². The number of imidazole rings is 1. The van der Waals surface area contributed by atoms with Crippen molar-refractivity contribution >= 4 is 26.8 Å². The number of fused-ring (bicyclic) bond motifs is 1. The molecule has 0 aliphatic heterocycles. The number of aryl methyl sites for hydroxylation is 2. The molecule has 8 nitrogen and oxygen atoms in total. The Labute approximate surface area is 169 Å². The number of Topliss-reactive ketones (excluding diaryl/α,β-unsaturated/α-hetero) is 1. The van der Waals surface area contributed by atoms with Crippen molar-refractivity contribution < 1.29 is 17.9 Å². The molecule has 0 aliphatic carbocycles. The minimum absolute atomic E-state index is 0.0376. The second-order valence-corrected chi connectivity index (χ2v) is 8.57. The van der Waals surface area contributed by atoms with Crippen molar-refractivity contribution in [3.8, 4) is 5.75 Å². The van der Waals surface area contributed by atoms with Crippen LogP contribution in [0.5, 0.6) is 5.75 Å². The zero-order valence-electron chi connectivity index (χ0n) is 16.7. The number of ketones is 1. The standard InChI is InChI=1S/C20H23N3O5S/c1-5-23(13-19(24)14-6-8-15(28-4)9-7-14)29(26,27)16-10-11-17-18(12-16)22(3)20(25)21(17)2/h6-12H,5,13H2,1-4H3. The SMILES string of the molecule is CCN(CC(=O)c1ccc(OC)cc1)S(=O)(=O)c1ccc2c(c1)n(C)c(=O)n2C. The minimum atomic E-state index is -3.92. The molecule has 0 fully saturated rings. The first kappa shape index (κ1) is 20.8. The zero-order chi connectivity index (χ0) is 21.3. The monoisotopic (exact) mass is 417 g/mol. The average molecular weight is 417 g/mol. The highest BCUT2D eigenvalue weighted by molar-refractivity contribution is 7.89. The number of nitrogens with zero attached hydrogens (tertiary/aromatic N) is 3. The Morgan fingerprint density at radius 1 is 1.03 bits per heavy atom. The fourth-order valence-corrected chi connectivity index (χ4v) is 4.62. The van der Waals surface area contributed by atoms with Gasteiger partial charge in [-0.25, -0.2) is 13.2 Å². The number of rotatable bonds is 7. The summed E-state index contributed by atoms with van der Waals surface area (Å²) in [7, 11) is 0.833. The quantitative estimate of drug-likeness (QED) is 0.547. The molecule has 0 amide bonds. The first-order valence-corrected chi connectivity index (χ1v) is 10.5. The largest absolute Gasteiger partial charge is 0.497 e. The van der Waals surface area contributed by atoms with E-state index in [1.54, 1.807) is 51.4 Å². The van der Waals surface area contributed by atoms with Gasteiger partial charge in [0.2, 0.25) is 10.0 Å². The normalized spacial score (nSPS) is 11.9. The van der Waals surface area contributed by atoms with Crippen LogP contribution in [0.2, 0.25) is 0 Å². The van der Waals surface area contributed by atoms with Crippen molar-refractivity contribution in [2.24, 2.45) is 14.1 Å². The molecule has 1 heterocycles. The molecule has 0 N–H and O–H groups in total. The van der Waals surface area contributed by atoms with E-state index in [0.29, 0.717) is 22.3 Å². The predicted octanol–water partition coefficient (Wildman–Crippen LogP) is 1.78. The average Bonchev–Trinajstić information content (AvgIpc) is 2.95. The molecule has 0 aliphatic rings. The Morgan fingerprint density at radius 3 is 2.24 bits per heavy atom. The molecule has 9 heteroatoms. The van der Waals surface area contributed by atoms with Crippen LogP contribution in [0, 0.1) is 0 Å². The molecular weight excluding hydrogens is 394 g/mol. The van der Waals surface area contributed by atoms with Gasteiger partial charge in [-0.2, -0.15) is 4.31 Å². The Balaban J connectivity index is 1.93. The second-order valence-electron chi connectivity index (χ2n) is 6.63. The van der Waals surface area contributed by atoms with E-state index in [1.807, 2.05) is 0 Å². The van der Waals surface area contributed by atoms with Gasteiger partial charge in [0.1, 0.15) is 5.75 Å². The number of aromatic nitrogens is 2. The number of ether oxygens (including phenoxy) is 1. The smallest absolute Gasteiger partial charge is 0.328 e. The molecule has 154 valence electrons. The van der Waals surface area contributed by atoms with E-state index in [0.717, 1.165) is 4.31 Å². The van der Waals surface area contributed by atoms with Crippen molar-refractivity contribution in [1.82, 2.24) is 13.4 Å². The van der Waals surface area contributed by atoms with E-state index in [-0.39, 0.29) is 29.5 Å². The van der Waals surface area contributed by atoms with Crippen LogP contribution in [0.4, 0.5) is 0 Å².